The highest BCUT2D eigenvalue weighted by atomic mass is 79.9. The van der Waals surface area contributed by atoms with Gasteiger partial charge in [-0.05, 0) is 92.5 Å². The highest BCUT2D eigenvalue weighted by molar-refractivity contribution is 9.10. The minimum atomic E-state index is -0.00170. The van der Waals surface area contributed by atoms with Crippen LogP contribution in [0.15, 0.2) is 83.5 Å². The first-order valence-electron chi connectivity index (χ1n) is 13.5. The van der Waals surface area contributed by atoms with E-state index in [0.717, 1.165) is 39.8 Å². The van der Waals surface area contributed by atoms with Gasteiger partial charge < -0.3 is 14.0 Å². The Morgan fingerprint density at radius 3 is 2.22 bits per heavy atom. The van der Waals surface area contributed by atoms with Crippen LogP contribution in [0.2, 0.25) is 0 Å². The maximum absolute atomic E-state index is 13.7. The molecule has 0 aliphatic heterocycles. The number of halogens is 1. The second kappa shape index (κ2) is 13.6. The number of hydrogen-bond acceptors (Lipinski definition) is 3. The third-order valence-electron chi connectivity index (χ3n) is 6.71. The molecule has 2 aromatic carbocycles. The van der Waals surface area contributed by atoms with Gasteiger partial charge in [-0.15, -0.1) is 0 Å². The Kier molecular flexibility index (Phi) is 9.98. The maximum Gasteiger partial charge on any atom is 0.210 e. The third kappa shape index (κ3) is 7.12. The fourth-order valence-corrected chi connectivity index (χ4v) is 4.89. The summed E-state index contributed by atoms with van der Waals surface area (Å²) >= 11 is 3.51. The van der Waals surface area contributed by atoms with Gasteiger partial charge in [-0.1, -0.05) is 60.8 Å². The van der Waals surface area contributed by atoms with Gasteiger partial charge in [0.1, 0.15) is 11.4 Å². The summed E-state index contributed by atoms with van der Waals surface area (Å²) in [6.45, 7) is 8.58. The van der Waals surface area contributed by atoms with Gasteiger partial charge in [0.15, 0.2) is 0 Å². The summed E-state index contributed by atoms with van der Waals surface area (Å²) in [4.78, 5) is 16.3. The summed E-state index contributed by atoms with van der Waals surface area (Å²) < 4.78 is 9.01. The van der Waals surface area contributed by atoms with E-state index in [1.807, 2.05) is 77.3 Å². The molecule has 0 aliphatic carbocycles. The van der Waals surface area contributed by atoms with Crippen molar-refractivity contribution in [2.45, 2.75) is 46.0 Å². The Morgan fingerprint density at radius 2 is 1.54 bits per heavy atom. The van der Waals surface area contributed by atoms with Crippen LogP contribution >= 0.6 is 15.9 Å². The first kappa shape index (κ1) is 27.2. The molecular formula is C32H37BrN2O2. The number of benzene rings is 2. The van der Waals surface area contributed by atoms with E-state index >= 15 is 0 Å². The van der Waals surface area contributed by atoms with Crippen molar-refractivity contribution < 1.29 is 9.53 Å². The molecule has 0 amide bonds. The molecule has 0 saturated heterocycles. The van der Waals surface area contributed by atoms with E-state index in [1.165, 1.54) is 38.8 Å². The molecule has 2 aromatic heterocycles. The van der Waals surface area contributed by atoms with Crippen molar-refractivity contribution in [1.82, 2.24) is 9.30 Å². The van der Waals surface area contributed by atoms with E-state index in [-0.39, 0.29) is 5.78 Å². The van der Waals surface area contributed by atoms with Gasteiger partial charge in [-0.3, -0.25) is 4.79 Å². The molecule has 0 fully saturated rings. The second-order valence-corrected chi connectivity index (χ2v) is 10.4. The summed E-state index contributed by atoms with van der Waals surface area (Å²) in [6.07, 6.45) is 7.91. The lowest BCUT2D eigenvalue weighted by molar-refractivity contribution is 0.103. The van der Waals surface area contributed by atoms with E-state index < -0.39 is 0 Å². The molecule has 4 aromatic rings. The van der Waals surface area contributed by atoms with E-state index in [2.05, 4.69) is 40.7 Å². The van der Waals surface area contributed by atoms with Crippen molar-refractivity contribution in [3.8, 4) is 16.9 Å². The van der Waals surface area contributed by atoms with Gasteiger partial charge >= 0.3 is 0 Å². The van der Waals surface area contributed by atoms with Gasteiger partial charge in [-0.2, -0.15) is 0 Å². The van der Waals surface area contributed by atoms with Crippen molar-refractivity contribution >= 4 is 27.2 Å². The van der Waals surface area contributed by atoms with E-state index in [4.69, 9.17) is 4.74 Å². The van der Waals surface area contributed by atoms with E-state index in [0.29, 0.717) is 17.9 Å². The molecule has 0 unspecified atom stereocenters. The summed E-state index contributed by atoms with van der Waals surface area (Å²) in [5, 5.41) is 0. The number of hydrogen-bond donors (Lipinski definition) is 0. The van der Waals surface area contributed by atoms with Gasteiger partial charge in [0.25, 0.3) is 0 Å². The standard InChI is InChI=1S/C32H37BrN2O2/c1-3-5-19-34(20-6-4-2)21-9-23-37-29-17-13-26(14-18-29)32(36)31-30(25-11-15-27(33)16-12-25)24-28-10-7-8-22-35(28)31/h7-8,10-18,22,24H,3-6,9,19-21,23H2,1-2H3. The number of unbranched alkanes of at least 4 members (excludes halogenated alkanes) is 2. The lowest BCUT2D eigenvalue weighted by Gasteiger charge is -2.21. The average Bonchev–Trinajstić information content (AvgIpc) is 3.32. The van der Waals surface area contributed by atoms with Gasteiger partial charge in [-0.25, -0.2) is 0 Å². The highest BCUT2D eigenvalue weighted by Crippen LogP contribution is 2.31. The van der Waals surface area contributed by atoms with Crippen LogP contribution in [0.25, 0.3) is 16.6 Å². The zero-order valence-corrected chi connectivity index (χ0v) is 23.5. The largest absolute Gasteiger partial charge is 0.494 e. The molecule has 0 bridgehead atoms. The Labute approximate surface area is 229 Å². The number of carbonyl (C=O) groups excluding carboxylic acids is 1. The van der Waals surface area contributed by atoms with Crippen LogP contribution in [0.4, 0.5) is 0 Å². The number of carbonyl (C=O) groups is 1. The maximum atomic E-state index is 13.7. The van der Waals surface area contributed by atoms with Crippen molar-refractivity contribution in [3.05, 3.63) is 94.7 Å². The van der Waals surface area contributed by atoms with Crippen LogP contribution in [0.3, 0.4) is 0 Å². The van der Waals surface area contributed by atoms with Crippen LogP contribution in [0, 0.1) is 0 Å². The first-order chi connectivity index (χ1) is 18.1. The van der Waals surface area contributed by atoms with Crippen molar-refractivity contribution in [2.75, 3.05) is 26.2 Å². The lowest BCUT2D eigenvalue weighted by atomic mass is 10.0. The van der Waals surface area contributed by atoms with Gasteiger partial charge in [0.2, 0.25) is 5.78 Å². The number of pyridine rings is 1. The second-order valence-electron chi connectivity index (χ2n) is 9.51. The van der Waals surface area contributed by atoms with E-state index in [1.54, 1.807) is 0 Å². The van der Waals surface area contributed by atoms with Crippen LogP contribution in [-0.2, 0) is 0 Å². The first-order valence-corrected chi connectivity index (χ1v) is 14.3. The summed E-state index contributed by atoms with van der Waals surface area (Å²) in [5.41, 5.74) is 4.27. The smallest absolute Gasteiger partial charge is 0.210 e. The predicted octanol–water partition coefficient (Wildman–Crippen LogP) is 8.27. The Morgan fingerprint density at radius 1 is 0.865 bits per heavy atom. The number of ether oxygens (including phenoxy) is 1. The number of aromatic nitrogens is 1. The zero-order valence-electron chi connectivity index (χ0n) is 22.0. The number of rotatable bonds is 14. The highest BCUT2D eigenvalue weighted by Gasteiger charge is 2.20. The summed E-state index contributed by atoms with van der Waals surface area (Å²) in [7, 11) is 0. The molecule has 5 heteroatoms. The zero-order chi connectivity index (χ0) is 26.0. The number of nitrogens with zero attached hydrogens (tertiary/aromatic N) is 2. The van der Waals surface area contributed by atoms with Crippen LogP contribution in [0.1, 0.15) is 62.0 Å². The van der Waals surface area contributed by atoms with Crippen LogP contribution in [0.5, 0.6) is 5.75 Å². The average molecular weight is 562 g/mol. The lowest BCUT2D eigenvalue weighted by Crippen LogP contribution is -2.28. The molecule has 0 N–H and O–H groups in total. The molecule has 2 heterocycles. The minimum absolute atomic E-state index is 0.00170. The number of ketones is 1. The van der Waals surface area contributed by atoms with Gasteiger partial charge in [0.05, 0.1) is 6.61 Å². The van der Waals surface area contributed by atoms with Crippen molar-refractivity contribution in [2.24, 2.45) is 0 Å². The SMILES string of the molecule is CCCCN(CCCC)CCCOc1ccc(C(=O)c2c(-c3ccc(Br)cc3)cc3ccccn23)cc1. The van der Waals surface area contributed by atoms with Crippen LogP contribution < -0.4 is 4.74 Å². The molecule has 0 saturated carbocycles. The topological polar surface area (TPSA) is 34.0 Å². The molecule has 4 rings (SSSR count). The van der Waals surface area contributed by atoms with Crippen molar-refractivity contribution in [3.63, 3.8) is 0 Å². The van der Waals surface area contributed by atoms with Crippen molar-refractivity contribution in [1.29, 1.82) is 0 Å². The molecular weight excluding hydrogens is 524 g/mol. The van der Waals surface area contributed by atoms with Gasteiger partial charge in [0, 0.05) is 33.9 Å². The monoisotopic (exact) mass is 560 g/mol. The molecule has 0 radical (unpaired) electrons. The summed E-state index contributed by atoms with van der Waals surface area (Å²) in [6, 6.07) is 23.7. The molecule has 0 aliphatic rings. The third-order valence-corrected chi connectivity index (χ3v) is 7.24. The Bertz CT molecular complexity index is 1270. The van der Waals surface area contributed by atoms with E-state index in [9.17, 15) is 4.79 Å². The van der Waals surface area contributed by atoms with Crippen LogP contribution in [-0.4, -0.2) is 41.3 Å². The molecule has 0 atom stereocenters. The fourth-order valence-electron chi connectivity index (χ4n) is 4.62. The molecule has 37 heavy (non-hydrogen) atoms. The fraction of sp³-hybridized carbons (Fsp3) is 0.344. The quantitative estimate of drug-likeness (QED) is 0.115. The molecule has 4 nitrogen and oxygen atoms in total. The Balaban J connectivity index is 1.44. The summed E-state index contributed by atoms with van der Waals surface area (Å²) in [5.74, 6) is 0.802. The molecule has 194 valence electrons. The predicted molar refractivity (Wildman–Crippen MR) is 157 cm³/mol. The Hall–Kier alpha value is -2.89. The minimum Gasteiger partial charge on any atom is -0.494 e. The number of fused-ring (bicyclic) bond motifs is 1. The normalized spacial score (nSPS) is 11.4. The molecule has 0 spiro atoms.